The molecule has 0 fully saturated rings. The van der Waals surface area contributed by atoms with Crippen LogP contribution in [0.2, 0.25) is 0 Å². The Kier molecular flexibility index (Phi) is 12.2. The molecule has 17 heteroatoms. The Balaban J connectivity index is 1.61. The maximum atomic E-state index is 10.3. The van der Waals surface area contributed by atoms with Crippen LogP contribution in [0.3, 0.4) is 0 Å². The Bertz CT molecular complexity index is 2630. The van der Waals surface area contributed by atoms with Crippen LogP contribution >= 0.6 is 32.7 Å². The fraction of sp³-hybridized carbons (Fsp3) is 0. The maximum Gasteiger partial charge on any atom is 0.321 e. The molecule has 0 aliphatic carbocycles. The number of nitrogens with zero attached hydrogens (tertiary/aromatic N) is 7. The zero-order valence-corrected chi connectivity index (χ0v) is 32.5. The van der Waals surface area contributed by atoms with E-state index < -0.39 is 24.2 Å². The first-order valence-corrected chi connectivity index (χ1v) is 20.9. The smallest absolute Gasteiger partial charge is 0.321 e. The summed E-state index contributed by atoms with van der Waals surface area (Å²) in [7, 11) is -6.67. The number of nitriles is 3. The summed E-state index contributed by atoms with van der Waals surface area (Å²) in [4.78, 5) is 20.0. The second-order valence-electron chi connectivity index (χ2n) is 11.0. The molecule has 1 heterocycles. The maximum absolute atomic E-state index is 10.3. The van der Waals surface area contributed by atoms with Gasteiger partial charge in [-0.1, -0.05) is 95.3 Å². The van der Waals surface area contributed by atoms with Crippen molar-refractivity contribution < 1.29 is 28.1 Å². The van der Waals surface area contributed by atoms with E-state index in [1.165, 1.54) is 24.9 Å². The number of hydrogen-bond acceptors (Lipinski definition) is 10. The van der Waals surface area contributed by atoms with Crippen LogP contribution in [0.4, 0.5) is 0 Å². The summed E-state index contributed by atoms with van der Waals surface area (Å²) < 4.78 is 29.7. The van der Waals surface area contributed by atoms with Gasteiger partial charge in [0.2, 0.25) is 0 Å². The number of benzene rings is 6. The number of para-hydroxylation sites is 5. The summed E-state index contributed by atoms with van der Waals surface area (Å²) in [5, 5.41) is 30.0. The molecular weight excluding hydrogens is 786 g/mol. The van der Waals surface area contributed by atoms with Gasteiger partial charge in [0.15, 0.2) is 25.8 Å². The minimum absolute atomic E-state index is 0.0193. The van der Waals surface area contributed by atoms with Crippen LogP contribution < -0.4 is 28.1 Å². The molecule has 3 atom stereocenters. The highest BCUT2D eigenvalue weighted by molar-refractivity contribution is 7.57. The van der Waals surface area contributed by atoms with E-state index in [2.05, 4.69) is 0 Å². The highest BCUT2D eigenvalue weighted by Crippen LogP contribution is 2.46. The average Bonchev–Trinajstić information content (AvgIpc) is 3.25. The highest BCUT2D eigenvalue weighted by atomic mass is 31.2. The van der Waals surface area contributed by atoms with Crippen molar-refractivity contribution in [2.24, 2.45) is 0 Å². The third-order valence-electron chi connectivity index (χ3n) is 7.27. The summed E-state index contributed by atoms with van der Waals surface area (Å²) in [6.07, 6.45) is 0. The van der Waals surface area contributed by atoms with E-state index in [9.17, 15) is 15.8 Å². The molecule has 0 bridgehead atoms. The third kappa shape index (κ3) is 9.02. The molecule has 3 unspecified atom stereocenters. The molecule has 0 amide bonds. The standard InChI is InChI=1S/C39H27N7O6P4/c40-28-31-26-27-39(38(30-42)37(31)29-41)49-44-53-43-54(50-34-20-10-3-11-21-34)45(47-32-16-6-1-7-17-32)56(52-36-24-14-5-15-25-36)46(48-33-18-8-2-9-19-33)55(44)51-35-22-12-4-13-23-35/h1-27H. The van der Waals surface area contributed by atoms with Crippen LogP contribution in [-0.2, 0) is 0 Å². The molecular formula is C39H27N7O6P4. The molecule has 1 aromatic heterocycles. The van der Waals surface area contributed by atoms with E-state index >= 15 is 0 Å². The fourth-order valence-electron chi connectivity index (χ4n) is 4.73. The van der Waals surface area contributed by atoms with Crippen LogP contribution in [-0.4, -0.2) is 17.3 Å². The SMILES string of the molecule is N#Cc1ccc(On2pnp(Oc3ccccc3)n(Oc3ccccc3)p(Oc3ccccc3)n(Oc3ccccc3)p2Oc2ccccc2)c(C#N)c1C#N. The largest absolute Gasteiger partial charge is 0.414 e. The van der Waals surface area contributed by atoms with Gasteiger partial charge in [0, 0.05) is 0 Å². The van der Waals surface area contributed by atoms with Crippen LogP contribution in [0.5, 0.6) is 34.5 Å². The van der Waals surface area contributed by atoms with Crippen LogP contribution in [0.25, 0.3) is 0 Å². The predicted octanol–water partition coefficient (Wildman–Crippen LogP) is 10.9. The summed E-state index contributed by atoms with van der Waals surface area (Å²) in [6, 6.07) is 54.4. The lowest BCUT2D eigenvalue weighted by Gasteiger charge is -2.23. The molecule has 7 rings (SSSR count). The number of hydrogen-bond donors (Lipinski definition) is 0. The Labute approximate surface area is 326 Å². The lowest BCUT2D eigenvalue weighted by Crippen LogP contribution is -2.17. The van der Waals surface area contributed by atoms with Gasteiger partial charge >= 0.3 is 24.2 Å². The zero-order valence-electron chi connectivity index (χ0n) is 29.0. The van der Waals surface area contributed by atoms with Crippen molar-refractivity contribution in [1.29, 1.82) is 15.8 Å². The average molecular weight is 814 g/mol. The fourth-order valence-corrected chi connectivity index (χ4v) is 11.9. The summed E-state index contributed by atoms with van der Waals surface area (Å²) in [5.41, 5.74) is -0.254. The second kappa shape index (κ2) is 18.4. The molecule has 6 aromatic carbocycles. The number of aromatic nitrogens is 4. The molecule has 0 aliphatic rings. The first-order chi connectivity index (χ1) is 27.6. The van der Waals surface area contributed by atoms with Gasteiger partial charge in [-0.05, 0) is 81.3 Å². The van der Waals surface area contributed by atoms with Crippen molar-refractivity contribution in [2.75, 3.05) is 0 Å². The van der Waals surface area contributed by atoms with Gasteiger partial charge in [0.25, 0.3) is 0 Å². The molecule has 0 radical (unpaired) electrons. The minimum atomic E-state index is -2.33. The molecule has 274 valence electrons. The molecule has 0 spiro atoms. The molecule has 0 saturated carbocycles. The van der Waals surface area contributed by atoms with Crippen LogP contribution in [0, 0.1) is 34.0 Å². The monoisotopic (exact) mass is 813 g/mol. The number of rotatable bonds is 12. The first-order valence-electron chi connectivity index (χ1n) is 16.6. The van der Waals surface area contributed by atoms with E-state index in [-0.39, 0.29) is 30.9 Å². The zero-order chi connectivity index (χ0) is 38.5. The van der Waals surface area contributed by atoms with E-state index in [0.717, 1.165) is 0 Å². The van der Waals surface area contributed by atoms with Crippen LogP contribution in [0.15, 0.2) is 164 Å². The van der Waals surface area contributed by atoms with Gasteiger partial charge in [-0.25, -0.2) is 0 Å². The van der Waals surface area contributed by atoms with Gasteiger partial charge in [0.1, 0.15) is 41.0 Å². The van der Waals surface area contributed by atoms with Crippen molar-refractivity contribution in [3.05, 3.63) is 180 Å². The van der Waals surface area contributed by atoms with Gasteiger partial charge in [-0.3, -0.25) is 0 Å². The van der Waals surface area contributed by atoms with E-state index in [4.69, 9.17) is 32.6 Å². The molecule has 56 heavy (non-hydrogen) atoms. The highest BCUT2D eigenvalue weighted by Gasteiger charge is 2.26. The topological polar surface area (TPSA) is 154 Å². The Morgan fingerprint density at radius 1 is 0.446 bits per heavy atom. The van der Waals surface area contributed by atoms with E-state index in [1.807, 2.05) is 109 Å². The lowest BCUT2D eigenvalue weighted by atomic mass is 10.0. The quantitative estimate of drug-likeness (QED) is 0.116. The summed E-state index contributed by atoms with van der Waals surface area (Å²) in [6.45, 7) is 0. The molecule has 0 saturated heterocycles. The Hall–Kier alpha value is -7.01. The molecule has 13 nitrogen and oxygen atoms in total. The van der Waals surface area contributed by atoms with Crippen molar-refractivity contribution in [3.63, 3.8) is 0 Å². The normalized spacial score (nSPS) is 11.2. The first kappa shape index (κ1) is 37.3. The van der Waals surface area contributed by atoms with Gasteiger partial charge in [-0.15, -0.1) is 4.51 Å². The van der Waals surface area contributed by atoms with E-state index in [0.29, 0.717) is 28.7 Å². The summed E-state index contributed by atoms with van der Waals surface area (Å²) in [5.74, 6) is 2.28. The van der Waals surface area contributed by atoms with Crippen LogP contribution in [0.1, 0.15) is 16.7 Å². The van der Waals surface area contributed by atoms with Gasteiger partial charge in [-0.2, -0.15) is 15.8 Å². The van der Waals surface area contributed by atoms with Crippen molar-refractivity contribution in [2.45, 2.75) is 0 Å². The third-order valence-corrected chi connectivity index (χ3v) is 14.0. The molecule has 0 N–H and O–H groups in total. The Morgan fingerprint density at radius 2 is 0.893 bits per heavy atom. The van der Waals surface area contributed by atoms with Crippen molar-refractivity contribution in [3.8, 4) is 52.7 Å². The van der Waals surface area contributed by atoms with Crippen molar-refractivity contribution >= 4 is 32.7 Å². The van der Waals surface area contributed by atoms with Gasteiger partial charge in [0.05, 0.1) is 11.1 Å². The van der Waals surface area contributed by atoms with E-state index in [1.54, 1.807) is 60.7 Å². The minimum Gasteiger partial charge on any atom is -0.414 e. The lowest BCUT2D eigenvalue weighted by molar-refractivity contribution is 0.219. The predicted molar refractivity (Wildman–Crippen MR) is 213 cm³/mol. The Morgan fingerprint density at radius 3 is 1.38 bits per heavy atom. The van der Waals surface area contributed by atoms with Gasteiger partial charge < -0.3 is 28.1 Å². The van der Waals surface area contributed by atoms with Crippen molar-refractivity contribution in [1.82, 2.24) is 17.3 Å². The molecule has 0 aliphatic heterocycles. The second-order valence-corrected chi connectivity index (χ2v) is 17.1. The summed E-state index contributed by atoms with van der Waals surface area (Å²) >= 11 is 0. The molecule has 7 aromatic rings.